The third kappa shape index (κ3) is 3.69. The first-order valence-electron chi connectivity index (χ1n) is 7.63. The Kier molecular flexibility index (Phi) is 4.36. The number of benzene rings is 1. The van der Waals surface area contributed by atoms with E-state index in [0.29, 0.717) is 29.4 Å². The highest BCUT2D eigenvalue weighted by Gasteiger charge is 2.34. The number of nitrogens with one attached hydrogen (secondary N) is 1. The normalized spacial score (nSPS) is 19.8. The van der Waals surface area contributed by atoms with Gasteiger partial charge in [0.15, 0.2) is 0 Å². The van der Waals surface area contributed by atoms with Crippen LogP contribution in [-0.2, 0) is 11.3 Å². The van der Waals surface area contributed by atoms with Gasteiger partial charge in [-0.05, 0) is 43.9 Å². The molecule has 0 radical (unpaired) electrons. The summed E-state index contributed by atoms with van der Waals surface area (Å²) in [5.74, 6) is 0.937. The van der Waals surface area contributed by atoms with Crippen molar-refractivity contribution in [2.45, 2.75) is 38.3 Å². The van der Waals surface area contributed by atoms with Gasteiger partial charge in [-0.1, -0.05) is 11.6 Å². The first-order valence-corrected chi connectivity index (χ1v) is 8.01. The molecule has 0 atom stereocenters. The summed E-state index contributed by atoms with van der Waals surface area (Å²) in [5, 5.41) is 13.9. The van der Waals surface area contributed by atoms with Crippen molar-refractivity contribution in [3.63, 3.8) is 0 Å². The number of nitrogens with zero attached hydrogens (tertiary/aromatic N) is 1. The molecule has 1 saturated heterocycles. The van der Waals surface area contributed by atoms with Crippen molar-refractivity contribution in [1.29, 1.82) is 0 Å². The SMILES string of the molecule is O=C(C1CC1)N1CCC(NCc2cc(Cl)ccc2O)CC1. The number of amides is 1. The Morgan fingerprint density at radius 2 is 2.00 bits per heavy atom. The van der Waals surface area contributed by atoms with E-state index in [0.717, 1.165) is 44.3 Å². The summed E-state index contributed by atoms with van der Waals surface area (Å²) in [7, 11) is 0. The minimum Gasteiger partial charge on any atom is -0.508 e. The van der Waals surface area contributed by atoms with E-state index in [1.54, 1.807) is 18.2 Å². The quantitative estimate of drug-likeness (QED) is 0.899. The Labute approximate surface area is 130 Å². The molecule has 114 valence electrons. The monoisotopic (exact) mass is 308 g/mol. The van der Waals surface area contributed by atoms with Crippen LogP contribution in [0.1, 0.15) is 31.2 Å². The maximum Gasteiger partial charge on any atom is 0.225 e. The predicted molar refractivity (Wildman–Crippen MR) is 82.3 cm³/mol. The topological polar surface area (TPSA) is 52.6 Å². The number of piperidine rings is 1. The molecule has 1 amide bonds. The molecular formula is C16H21ClN2O2. The Balaban J connectivity index is 1.47. The van der Waals surface area contributed by atoms with Crippen molar-refractivity contribution in [2.75, 3.05) is 13.1 Å². The van der Waals surface area contributed by atoms with E-state index >= 15 is 0 Å². The highest BCUT2D eigenvalue weighted by Crippen LogP contribution is 2.32. The number of carbonyl (C=O) groups excluding carboxylic acids is 1. The third-order valence-electron chi connectivity index (χ3n) is 4.36. The average Bonchev–Trinajstić information content (AvgIpc) is 3.33. The Bertz CT molecular complexity index is 523. The molecule has 4 nitrogen and oxygen atoms in total. The Morgan fingerprint density at radius 1 is 1.29 bits per heavy atom. The molecule has 1 heterocycles. The summed E-state index contributed by atoms with van der Waals surface area (Å²) >= 11 is 5.94. The van der Waals surface area contributed by atoms with Crippen LogP contribution in [0, 0.1) is 5.92 Å². The van der Waals surface area contributed by atoms with Crippen molar-refractivity contribution < 1.29 is 9.90 Å². The smallest absolute Gasteiger partial charge is 0.225 e. The number of hydrogen-bond acceptors (Lipinski definition) is 3. The molecule has 0 aromatic heterocycles. The van der Waals surface area contributed by atoms with E-state index < -0.39 is 0 Å². The predicted octanol–water partition coefficient (Wildman–Crippen LogP) is 2.54. The lowest BCUT2D eigenvalue weighted by Crippen LogP contribution is -2.45. The summed E-state index contributed by atoms with van der Waals surface area (Å²) in [6.07, 6.45) is 4.09. The van der Waals surface area contributed by atoms with Gasteiger partial charge in [-0.2, -0.15) is 0 Å². The maximum atomic E-state index is 12.0. The van der Waals surface area contributed by atoms with E-state index in [9.17, 15) is 9.90 Å². The van der Waals surface area contributed by atoms with Gasteiger partial charge in [0.25, 0.3) is 0 Å². The second-order valence-corrected chi connectivity index (χ2v) is 6.46. The number of likely N-dealkylation sites (tertiary alicyclic amines) is 1. The first kappa shape index (κ1) is 14.7. The van der Waals surface area contributed by atoms with Crippen LogP contribution in [-0.4, -0.2) is 35.0 Å². The molecule has 0 bridgehead atoms. The highest BCUT2D eigenvalue weighted by atomic mass is 35.5. The molecule has 5 heteroatoms. The molecule has 0 unspecified atom stereocenters. The van der Waals surface area contributed by atoms with Crippen molar-refractivity contribution in [3.8, 4) is 5.75 Å². The van der Waals surface area contributed by atoms with Crippen molar-refractivity contribution >= 4 is 17.5 Å². The van der Waals surface area contributed by atoms with Crippen LogP contribution in [0.5, 0.6) is 5.75 Å². The molecule has 2 aliphatic rings. The van der Waals surface area contributed by atoms with Crippen LogP contribution in [0.25, 0.3) is 0 Å². The van der Waals surface area contributed by atoms with E-state index in [1.807, 2.05) is 4.90 Å². The maximum absolute atomic E-state index is 12.0. The number of carbonyl (C=O) groups is 1. The van der Waals surface area contributed by atoms with Crippen LogP contribution < -0.4 is 5.32 Å². The fourth-order valence-corrected chi connectivity index (χ4v) is 3.04. The number of hydrogen-bond donors (Lipinski definition) is 2. The van der Waals surface area contributed by atoms with E-state index in [2.05, 4.69) is 5.32 Å². The minimum atomic E-state index is 0.272. The molecule has 21 heavy (non-hydrogen) atoms. The average molecular weight is 309 g/mol. The number of aromatic hydroxyl groups is 1. The molecule has 3 rings (SSSR count). The second-order valence-electron chi connectivity index (χ2n) is 6.03. The molecule has 2 N–H and O–H groups in total. The van der Waals surface area contributed by atoms with Crippen LogP contribution in [0.15, 0.2) is 18.2 Å². The van der Waals surface area contributed by atoms with E-state index in [1.165, 1.54) is 0 Å². The molecule has 1 aliphatic heterocycles. The third-order valence-corrected chi connectivity index (χ3v) is 4.59. The molecule has 2 fully saturated rings. The van der Waals surface area contributed by atoms with Gasteiger partial charge >= 0.3 is 0 Å². The van der Waals surface area contributed by atoms with Crippen molar-refractivity contribution in [1.82, 2.24) is 10.2 Å². The Hall–Kier alpha value is -1.26. The first-order chi connectivity index (χ1) is 10.1. The van der Waals surface area contributed by atoms with Gasteiger partial charge in [-0.15, -0.1) is 0 Å². The summed E-state index contributed by atoms with van der Waals surface area (Å²) in [4.78, 5) is 14.0. The molecule has 1 aromatic carbocycles. The van der Waals surface area contributed by atoms with Gasteiger partial charge in [-0.25, -0.2) is 0 Å². The second kappa shape index (κ2) is 6.24. The lowest BCUT2D eigenvalue weighted by atomic mass is 10.0. The number of rotatable bonds is 4. The molecule has 1 aliphatic carbocycles. The zero-order valence-corrected chi connectivity index (χ0v) is 12.8. The summed E-state index contributed by atoms with van der Waals surface area (Å²) in [5.41, 5.74) is 0.819. The zero-order chi connectivity index (χ0) is 14.8. The van der Waals surface area contributed by atoms with Gasteiger partial charge in [-0.3, -0.25) is 4.79 Å². The lowest BCUT2D eigenvalue weighted by molar-refractivity contribution is -0.133. The zero-order valence-electron chi connectivity index (χ0n) is 12.0. The summed E-state index contributed by atoms with van der Waals surface area (Å²) < 4.78 is 0. The van der Waals surface area contributed by atoms with Crippen molar-refractivity contribution in [3.05, 3.63) is 28.8 Å². The van der Waals surface area contributed by atoms with Gasteiger partial charge in [0.05, 0.1) is 0 Å². The summed E-state index contributed by atoms with van der Waals surface area (Å²) in [6.45, 7) is 2.29. The van der Waals surface area contributed by atoms with Crippen LogP contribution in [0.2, 0.25) is 5.02 Å². The van der Waals surface area contributed by atoms with E-state index in [-0.39, 0.29) is 5.75 Å². The lowest BCUT2D eigenvalue weighted by Gasteiger charge is -2.32. The van der Waals surface area contributed by atoms with E-state index in [4.69, 9.17) is 11.6 Å². The molecular weight excluding hydrogens is 288 g/mol. The number of halogens is 1. The van der Waals surface area contributed by atoms with Gasteiger partial charge in [0.2, 0.25) is 5.91 Å². The van der Waals surface area contributed by atoms with Gasteiger partial charge in [0.1, 0.15) is 5.75 Å². The molecule has 0 spiro atoms. The largest absolute Gasteiger partial charge is 0.508 e. The highest BCUT2D eigenvalue weighted by molar-refractivity contribution is 6.30. The van der Waals surface area contributed by atoms with Crippen LogP contribution in [0.4, 0.5) is 0 Å². The standard InChI is InChI=1S/C16H21ClN2O2/c17-13-3-4-15(20)12(9-13)10-18-14-5-7-19(8-6-14)16(21)11-1-2-11/h3-4,9,11,14,18,20H,1-2,5-8,10H2. The van der Waals surface area contributed by atoms with Crippen molar-refractivity contribution in [2.24, 2.45) is 5.92 Å². The molecule has 1 aromatic rings. The Morgan fingerprint density at radius 3 is 2.67 bits per heavy atom. The number of phenols is 1. The van der Waals surface area contributed by atoms with Crippen LogP contribution >= 0.6 is 11.6 Å². The van der Waals surface area contributed by atoms with Gasteiger partial charge < -0.3 is 15.3 Å². The fourth-order valence-electron chi connectivity index (χ4n) is 2.84. The van der Waals surface area contributed by atoms with Crippen LogP contribution in [0.3, 0.4) is 0 Å². The minimum absolute atomic E-state index is 0.272. The fraction of sp³-hybridized carbons (Fsp3) is 0.562. The van der Waals surface area contributed by atoms with Gasteiger partial charge in [0, 0.05) is 42.2 Å². The summed E-state index contributed by atoms with van der Waals surface area (Å²) in [6, 6.07) is 5.49. The number of phenolic OH excluding ortho intramolecular Hbond substituents is 1. The molecule has 1 saturated carbocycles.